The zero-order valence-corrected chi connectivity index (χ0v) is 10.8. The van der Waals surface area contributed by atoms with Gasteiger partial charge in [-0.3, -0.25) is 4.79 Å². The monoisotopic (exact) mass is 247 g/mol. The molecule has 0 aromatic carbocycles. The molecule has 1 unspecified atom stereocenters. The normalized spacial score (nSPS) is 12.9. The van der Waals surface area contributed by atoms with Crippen molar-refractivity contribution < 1.29 is 24.2 Å². The highest BCUT2D eigenvalue weighted by molar-refractivity contribution is 5.69. The van der Waals surface area contributed by atoms with Crippen molar-refractivity contribution in [1.29, 1.82) is 0 Å². The van der Waals surface area contributed by atoms with Gasteiger partial charge in [0.25, 0.3) is 0 Å². The molecule has 0 aromatic heterocycles. The molecule has 0 fully saturated rings. The van der Waals surface area contributed by atoms with Gasteiger partial charge in [0, 0.05) is 13.2 Å². The second-order valence-electron chi connectivity index (χ2n) is 4.56. The molecule has 0 aliphatic rings. The third-order valence-electron chi connectivity index (χ3n) is 1.68. The largest absolute Gasteiger partial charge is 0.481 e. The molecule has 0 bridgehead atoms. The van der Waals surface area contributed by atoms with Crippen molar-refractivity contribution in [3.05, 3.63) is 0 Å². The molecule has 0 spiro atoms. The Morgan fingerprint density at radius 3 is 2.35 bits per heavy atom. The van der Waals surface area contributed by atoms with E-state index in [1.807, 2.05) is 0 Å². The maximum absolute atomic E-state index is 11.3. The Morgan fingerprint density at radius 2 is 1.94 bits per heavy atom. The van der Waals surface area contributed by atoms with Gasteiger partial charge in [0.15, 0.2) is 0 Å². The lowest BCUT2D eigenvalue weighted by molar-refractivity contribution is -0.140. The van der Waals surface area contributed by atoms with Gasteiger partial charge in [-0.2, -0.15) is 0 Å². The lowest BCUT2D eigenvalue weighted by Crippen LogP contribution is -2.38. The second-order valence-corrected chi connectivity index (χ2v) is 4.56. The van der Waals surface area contributed by atoms with Crippen LogP contribution < -0.4 is 5.32 Å². The highest BCUT2D eigenvalue weighted by Gasteiger charge is 2.18. The van der Waals surface area contributed by atoms with Crippen LogP contribution in [0.15, 0.2) is 0 Å². The number of aliphatic carboxylic acids is 1. The van der Waals surface area contributed by atoms with E-state index in [1.165, 1.54) is 0 Å². The smallest absolute Gasteiger partial charge is 0.407 e. The predicted molar refractivity (Wildman–Crippen MR) is 61.9 cm³/mol. The van der Waals surface area contributed by atoms with Crippen LogP contribution in [0.1, 0.15) is 34.1 Å². The summed E-state index contributed by atoms with van der Waals surface area (Å²) in [5.74, 6) is -0.963. The van der Waals surface area contributed by atoms with Gasteiger partial charge in [0.1, 0.15) is 5.60 Å². The number of amides is 1. The van der Waals surface area contributed by atoms with E-state index in [2.05, 4.69) is 5.32 Å². The molecule has 0 saturated heterocycles. The standard InChI is InChI=1S/C11H21NO5/c1-5-16-8(6-9(13)14)7-12-10(15)17-11(2,3)4/h8H,5-7H2,1-4H3,(H,12,15)(H,13,14). The number of carbonyl (C=O) groups is 2. The van der Waals surface area contributed by atoms with Crippen LogP contribution in [0.25, 0.3) is 0 Å². The Balaban J connectivity index is 4.03. The van der Waals surface area contributed by atoms with Gasteiger partial charge in [0.05, 0.1) is 12.5 Å². The van der Waals surface area contributed by atoms with Crippen molar-refractivity contribution in [2.45, 2.75) is 45.8 Å². The number of carboxylic acid groups (broad SMARTS) is 1. The van der Waals surface area contributed by atoms with Crippen molar-refractivity contribution in [1.82, 2.24) is 5.32 Å². The fourth-order valence-corrected chi connectivity index (χ4v) is 1.13. The zero-order valence-electron chi connectivity index (χ0n) is 10.8. The Hall–Kier alpha value is -1.30. The molecule has 0 aliphatic carbocycles. The Kier molecular flexibility index (Phi) is 6.57. The summed E-state index contributed by atoms with van der Waals surface area (Å²) in [6.07, 6.45) is -1.26. The number of ether oxygens (including phenoxy) is 2. The molecule has 100 valence electrons. The van der Waals surface area contributed by atoms with E-state index in [-0.39, 0.29) is 13.0 Å². The summed E-state index contributed by atoms with van der Waals surface area (Å²) in [6.45, 7) is 7.54. The molecule has 1 atom stereocenters. The summed E-state index contributed by atoms with van der Waals surface area (Å²) in [4.78, 5) is 21.9. The van der Waals surface area contributed by atoms with Crippen molar-refractivity contribution in [3.8, 4) is 0 Å². The van der Waals surface area contributed by atoms with Gasteiger partial charge in [-0.15, -0.1) is 0 Å². The number of hydrogen-bond acceptors (Lipinski definition) is 4. The molecule has 0 heterocycles. The van der Waals surface area contributed by atoms with Gasteiger partial charge >= 0.3 is 12.1 Å². The van der Waals surface area contributed by atoms with Crippen LogP contribution in [0, 0.1) is 0 Å². The topological polar surface area (TPSA) is 84.9 Å². The summed E-state index contributed by atoms with van der Waals surface area (Å²) in [7, 11) is 0. The SMILES string of the molecule is CCOC(CNC(=O)OC(C)(C)C)CC(=O)O. The van der Waals surface area contributed by atoms with Gasteiger partial charge in [0.2, 0.25) is 0 Å². The molecule has 0 rings (SSSR count). The fraction of sp³-hybridized carbons (Fsp3) is 0.818. The Bertz CT molecular complexity index is 259. The molecule has 0 aromatic rings. The number of rotatable bonds is 6. The summed E-state index contributed by atoms with van der Waals surface area (Å²) in [5, 5.41) is 11.1. The Morgan fingerprint density at radius 1 is 1.35 bits per heavy atom. The average molecular weight is 247 g/mol. The van der Waals surface area contributed by atoms with Crippen LogP contribution in [0.2, 0.25) is 0 Å². The van der Waals surface area contributed by atoms with Crippen molar-refractivity contribution in [2.24, 2.45) is 0 Å². The third kappa shape index (κ3) is 9.62. The minimum Gasteiger partial charge on any atom is -0.481 e. The summed E-state index contributed by atoms with van der Waals surface area (Å²) < 4.78 is 10.2. The average Bonchev–Trinajstić information content (AvgIpc) is 2.11. The van der Waals surface area contributed by atoms with Gasteiger partial charge < -0.3 is 19.9 Å². The van der Waals surface area contributed by atoms with Crippen LogP contribution in [-0.2, 0) is 14.3 Å². The first-order valence-corrected chi connectivity index (χ1v) is 5.55. The molecule has 6 nitrogen and oxygen atoms in total. The first-order valence-electron chi connectivity index (χ1n) is 5.55. The molecule has 1 amide bonds. The van der Waals surface area contributed by atoms with Crippen LogP contribution in [0.3, 0.4) is 0 Å². The molecule has 17 heavy (non-hydrogen) atoms. The van der Waals surface area contributed by atoms with E-state index in [4.69, 9.17) is 14.6 Å². The maximum atomic E-state index is 11.3. The number of carboxylic acids is 1. The van der Waals surface area contributed by atoms with E-state index in [9.17, 15) is 9.59 Å². The van der Waals surface area contributed by atoms with E-state index >= 15 is 0 Å². The molecular formula is C11H21NO5. The van der Waals surface area contributed by atoms with E-state index in [1.54, 1.807) is 27.7 Å². The van der Waals surface area contributed by atoms with E-state index in [0.29, 0.717) is 6.61 Å². The molecular weight excluding hydrogens is 226 g/mol. The molecule has 0 aliphatic heterocycles. The maximum Gasteiger partial charge on any atom is 0.407 e. The highest BCUT2D eigenvalue weighted by Crippen LogP contribution is 2.06. The minimum atomic E-state index is -0.963. The minimum absolute atomic E-state index is 0.120. The molecule has 0 radical (unpaired) electrons. The first-order chi connectivity index (χ1) is 7.74. The molecule has 6 heteroatoms. The number of nitrogens with one attached hydrogen (secondary N) is 1. The van der Waals surface area contributed by atoms with Gasteiger partial charge in [-0.1, -0.05) is 0 Å². The summed E-state index contributed by atoms with van der Waals surface area (Å²) in [5.41, 5.74) is -0.571. The zero-order chi connectivity index (χ0) is 13.5. The van der Waals surface area contributed by atoms with Crippen LogP contribution in [-0.4, -0.2) is 42.0 Å². The lowest BCUT2D eigenvalue weighted by Gasteiger charge is -2.21. The summed E-state index contributed by atoms with van der Waals surface area (Å²) in [6, 6.07) is 0. The van der Waals surface area contributed by atoms with Gasteiger partial charge in [-0.25, -0.2) is 4.79 Å². The number of alkyl carbamates (subject to hydrolysis) is 1. The summed E-state index contributed by atoms with van der Waals surface area (Å²) >= 11 is 0. The Labute approximate surface area is 101 Å². The fourth-order valence-electron chi connectivity index (χ4n) is 1.13. The van der Waals surface area contributed by atoms with E-state index < -0.39 is 23.8 Å². The number of carbonyl (C=O) groups excluding carboxylic acids is 1. The van der Waals surface area contributed by atoms with E-state index in [0.717, 1.165) is 0 Å². The third-order valence-corrected chi connectivity index (χ3v) is 1.68. The van der Waals surface area contributed by atoms with Gasteiger partial charge in [-0.05, 0) is 27.7 Å². The van der Waals surface area contributed by atoms with Crippen LogP contribution >= 0.6 is 0 Å². The van der Waals surface area contributed by atoms with Crippen molar-refractivity contribution in [3.63, 3.8) is 0 Å². The van der Waals surface area contributed by atoms with Crippen LogP contribution in [0.4, 0.5) is 4.79 Å². The van der Waals surface area contributed by atoms with Crippen molar-refractivity contribution in [2.75, 3.05) is 13.2 Å². The number of hydrogen-bond donors (Lipinski definition) is 2. The van der Waals surface area contributed by atoms with Crippen molar-refractivity contribution >= 4 is 12.1 Å². The lowest BCUT2D eigenvalue weighted by atomic mass is 10.2. The quantitative estimate of drug-likeness (QED) is 0.741. The second kappa shape index (κ2) is 7.11. The highest BCUT2D eigenvalue weighted by atomic mass is 16.6. The first kappa shape index (κ1) is 15.7. The molecule has 2 N–H and O–H groups in total. The predicted octanol–water partition coefficient (Wildman–Crippen LogP) is 1.39. The van der Waals surface area contributed by atoms with Crippen LogP contribution in [0.5, 0.6) is 0 Å². The molecule has 0 saturated carbocycles.